The van der Waals surface area contributed by atoms with Crippen LogP contribution in [0.3, 0.4) is 0 Å². The van der Waals surface area contributed by atoms with Crippen LogP contribution in [0.4, 0.5) is 0 Å². The molecule has 442 valence electrons. The van der Waals surface area contributed by atoms with Gasteiger partial charge in [0.05, 0.1) is 0 Å². The topological polar surface area (TPSA) is 78.9 Å². The van der Waals surface area contributed by atoms with Crippen molar-refractivity contribution in [1.82, 2.24) is 0 Å². The van der Waals surface area contributed by atoms with Gasteiger partial charge in [-0.25, -0.2) is 0 Å². The van der Waals surface area contributed by atoms with Gasteiger partial charge in [-0.2, -0.15) is 0 Å². The highest BCUT2D eigenvalue weighted by molar-refractivity contribution is 5.71. The van der Waals surface area contributed by atoms with Crippen molar-refractivity contribution in [3.63, 3.8) is 0 Å². The molecule has 0 aliphatic heterocycles. The van der Waals surface area contributed by atoms with Crippen molar-refractivity contribution in [1.29, 1.82) is 0 Å². The Balaban J connectivity index is 4.25. The van der Waals surface area contributed by atoms with Crippen molar-refractivity contribution < 1.29 is 28.6 Å². The number of unbranched alkanes of at least 4 members (excludes halogenated alkanes) is 40. The van der Waals surface area contributed by atoms with Gasteiger partial charge in [-0.15, -0.1) is 0 Å². The lowest BCUT2D eigenvalue weighted by Crippen LogP contribution is -2.30. The van der Waals surface area contributed by atoms with Gasteiger partial charge in [-0.05, 0) is 83.5 Å². The van der Waals surface area contributed by atoms with Gasteiger partial charge in [0.2, 0.25) is 0 Å². The normalized spacial score (nSPS) is 12.4. The Bertz CT molecular complexity index is 1360. The highest BCUT2D eigenvalue weighted by Crippen LogP contribution is 2.17. The molecule has 0 aliphatic carbocycles. The number of carbonyl (C=O) groups is 3. The van der Waals surface area contributed by atoms with Crippen LogP contribution in [0.15, 0.2) is 60.8 Å². The molecule has 0 rings (SSSR count). The summed E-state index contributed by atoms with van der Waals surface area (Å²) in [7, 11) is 0. The van der Waals surface area contributed by atoms with Gasteiger partial charge in [-0.3, -0.25) is 14.4 Å². The molecule has 0 radical (unpaired) electrons. The summed E-state index contributed by atoms with van der Waals surface area (Å²) in [5, 5.41) is 0. The monoisotopic (exact) mass is 1060 g/mol. The summed E-state index contributed by atoms with van der Waals surface area (Å²) < 4.78 is 16.9. The molecule has 0 heterocycles. The van der Waals surface area contributed by atoms with E-state index in [2.05, 4.69) is 81.5 Å². The van der Waals surface area contributed by atoms with Crippen LogP contribution in [0.5, 0.6) is 0 Å². The second-order valence-corrected chi connectivity index (χ2v) is 22.4. The lowest BCUT2D eigenvalue weighted by molar-refractivity contribution is -0.167. The summed E-state index contributed by atoms with van der Waals surface area (Å²) in [6.07, 6.45) is 82.3. The molecule has 0 aromatic heterocycles. The fourth-order valence-corrected chi connectivity index (χ4v) is 9.73. The van der Waals surface area contributed by atoms with E-state index < -0.39 is 6.10 Å². The Kier molecular flexibility index (Phi) is 62.2. The van der Waals surface area contributed by atoms with Crippen LogP contribution < -0.4 is 0 Å². The predicted octanol–water partition coefficient (Wildman–Crippen LogP) is 22.7. The van der Waals surface area contributed by atoms with Gasteiger partial charge in [-0.1, -0.05) is 306 Å². The molecule has 1 unspecified atom stereocenters. The van der Waals surface area contributed by atoms with Gasteiger partial charge in [0.25, 0.3) is 0 Å². The number of ether oxygens (including phenoxy) is 3. The molecular formula is C70H126O6. The first-order valence-corrected chi connectivity index (χ1v) is 33.3. The molecule has 1 atom stereocenters. The molecular weight excluding hydrogens is 937 g/mol. The molecule has 6 nitrogen and oxygen atoms in total. The summed E-state index contributed by atoms with van der Waals surface area (Å²) in [4.78, 5) is 38.3. The van der Waals surface area contributed by atoms with Gasteiger partial charge in [0, 0.05) is 19.3 Å². The maximum absolute atomic E-state index is 12.9. The Morgan fingerprint density at radius 2 is 0.500 bits per heavy atom. The third-order valence-electron chi connectivity index (χ3n) is 14.7. The van der Waals surface area contributed by atoms with E-state index in [1.807, 2.05) is 0 Å². The first kappa shape index (κ1) is 73.1. The first-order valence-electron chi connectivity index (χ1n) is 33.3. The zero-order valence-electron chi connectivity index (χ0n) is 50.8. The largest absolute Gasteiger partial charge is 0.462 e. The molecule has 0 fully saturated rings. The maximum atomic E-state index is 12.9. The summed E-state index contributed by atoms with van der Waals surface area (Å²) in [5.74, 6) is -0.872. The summed E-state index contributed by atoms with van der Waals surface area (Å²) in [5.41, 5.74) is 0. The number of rotatable bonds is 61. The molecule has 76 heavy (non-hydrogen) atoms. The van der Waals surface area contributed by atoms with Crippen molar-refractivity contribution in [2.24, 2.45) is 0 Å². The third-order valence-corrected chi connectivity index (χ3v) is 14.7. The Labute approximate surface area is 472 Å². The van der Waals surface area contributed by atoms with E-state index in [4.69, 9.17) is 14.2 Å². The summed E-state index contributed by atoms with van der Waals surface area (Å²) >= 11 is 0. The molecule has 0 aliphatic rings. The minimum absolute atomic E-state index is 0.0762. The van der Waals surface area contributed by atoms with Crippen molar-refractivity contribution >= 4 is 17.9 Å². The Hall–Kier alpha value is -2.89. The zero-order chi connectivity index (χ0) is 55.0. The molecule has 6 heteroatoms. The Morgan fingerprint density at radius 3 is 0.789 bits per heavy atom. The molecule has 0 aromatic rings. The maximum Gasteiger partial charge on any atom is 0.306 e. The fraction of sp³-hybridized carbons (Fsp3) is 0.814. The lowest BCUT2D eigenvalue weighted by Gasteiger charge is -2.18. The van der Waals surface area contributed by atoms with Crippen molar-refractivity contribution in [2.75, 3.05) is 13.2 Å². The number of allylic oxidation sites excluding steroid dienone is 10. The second-order valence-electron chi connectivity index (χ2n) is 22.4. The van der Waals surface area contributed by atoms with Crippen LogP contribution >= 0.6 is 0 Å². The van der Waals surface area contributed by atoms with Gasteiger partial charge in [0.15, 0.2) is 6.10 Å². The predicted molar refractivity (Wildman–Crippen MR) is 330 cm³/mol. The van der Waals surface area contributed by atoms with E-state index in [-0.39, 0.29) is 31.1 Å². The van der Waals surface area contributed by atoms with Crippen LogP contribution in [0.1, 0.15) is 348 Å². The van der Waals surface area contributed by atoms with Crippen LogP contribution in [-0.2, 0) is 28.6 Å². The zero-order valence-corrected chi connectivity index (χ0v) is 50.8. The van der Waals surface area contributed by atoms with Gasteiger partial charge in [0.1, 0.15) is 13.2 Å². The third kappa shape index (κ3) is 62.0. The molecule has 0 N–H and O–H groups in total. The first-order chi connectivity index (χ1) is 37.5. The average molecular weight is 1060 g/mol. The van der Waals surface area contributed by atoms with Crippen molar-refractivity contribution in [3.05, 3.63) is 60.8 Å². The highest BCUT2D eigenvalue weighted by atomic mass is 16.6. The quantitative estimate of drug-likeness (QED) is 0.0261. The van der Waals surface area contributed by atoms with Gasteiger partial charge >= 0.3 is 17.9 Å². The van der Waals surface area contributed by atoms with Crippen LogP contribution in [0.25, 0.3) is 0 Å². The number of hydrogen-bond acceptors (Lipinski definition) is 6. The number of hydrogen-bond donors (Lipinski definition) is 0. The minimum Gasteiger partial charge on any atom is -0.462 e. The molecule has 0 saturated carbocycles. The van der Waals surface area contributed by atoms with Crippen molar-refractivity contribution in [2.45, 2.75) is 354 Å². The van der Waals surface area contributed by atoms with E-state index >= 15 is 0 Å². The standard InChI is InChI=1S/C70H126O6/c1-4-7-10-13-16-19-22-25-27-29-31-32-33-34-35-36-37-38-39-41-42-45-48-51-54-57-60-63-69(72)75-66-67(65-74-68(71)62-59-56-53-50-47-44-24-21-18-15-12-9-6-3)76-70(73)64-61-58-55-52-49-46-43-40-30-28-26-23-20-17-14-11-8-5-2/h12,15,21-22,24-25,29,31,33-34,67H,4-11,13-14,16-20,23,26-28,30,32,35-66H2,1-3H3/b15-12-,24-21-,25-22-,31-29-,34-33-. The summed E-state index contributed by atoms with van der Waals surface area (Å²) in [6.45, 7) is 6.60. The Morgan fingerprint density at radius 1 is 0.263 bits per heavy atom. The van der Waals surface area contributed by atoms with Crippen LogP contribution in [-0.4, -0.2) is 37.2 Å². The number of esters is 3. The fourth-order valence-electron chi connectivity index (χ4n) is 9.73. The smallest absolute Gasteiger partial charge is 0.306 e. The minimum atomic E-state index is -0.779. The number of carbonyl (C=O) groups excluding carboxylic acids is 3. The van der Waals surface area contributed by atoms with Crippen molar-refractivity contribution in [3.8, 4) is 0 Å². The summed E-state index contributed by atoms with van der Waals surface area (Å²) in [6, 6.07) is 0. The van der Waals surface area contributed by atoms with E-state index in [1.165, 1.54) is 212 Å². The highest BCUT2D eigenvalue weighted by Gasteiger charge is 2.19. The molecule has 0 bridgehead atoms. The van der Waals surface area contributed by atoms with Gasteiger partial charge < -0.3 is 14.2 Å². The lowest BCUT2D eigenvalue weighted by atomic mass is 10.0. The molecule has 0 spiro atoms. The van der Waals surface area contributed by atoms with E-state index in [0.717, 1.165) is 96.3 Å². The molecule has 0 saturated heterocycles. The van der Waals surface area contributed by atoms with E-state index in [1.54, 1.807) is 0 Å². The van der Waals surface area contributed by atoms with E-state index in [9.17, 15) is 14.4 Å². The van der Waals surface area contributed by atoms with E-state index in [0.29, 0.717) is 19.3 Å². The van der Waals surface area contributed by atoms with Crippen LogP contribution in [0.2, 0.25) is 0 Å². The van der Waals surface area contributed by atoms with Crippen LogP contribution in [0, 0.1) is 0 Å². The SMILES string of the molecule is CCC/C=C\C/C=C\CCCCCCCC(=O)OCC(COC(=O)CCCCCCCCCCCCCC/C=C\C/C=C\C/C=C\CCCCCCC)OC(=O)CCCCCCCCCCCCCCCCCCCC. The second kappa shape index (κ2) is 64.6. The average Bonchev–Trinajstić information content (AvgIpc) is 3.42. The molecule has 0 aromatic carbocycles. The molecule has 0 amide bonds.